The number of hydrogen-bond donors (Lipinski definition) is 0. The molecule has 0 spiro atoms. The lowest BCUT2D eigenvalue weighted by atomic mass is 9.84. The Morgan fingerprint density at radius 3 is 2.10 bits per heavy atom. The van der Waals surface area contributed by atoms with Crippen molar-refractivity contribution in [3.05, 3.63) is 167 Å². The van der Waals surface area contributed by atoms with E-state index in [2.05, 4.69) is 49.1 Å². The Kier molecular flexibility index (Phi) is 8.64. The van der Waals surface area contributed by atoms with Gasteiger partial charge in [0.15, 0.2) is 5.84 Å². The summed E-state index contributed by atoms with van der Waals surface area (Å²) >= 11 is 0. The van der Waals surface area contributed by atoms with Crippen molar-refractivity contribution in [3.8, 4) is 11.1 Å². The van der Waals surface area contributed by atoms with Gasteiger partial charge in [0.25, 0.3) is 0 Å². The number of hydrogen-bond acceptors (Lipinski definition) is 1. The van der Waals surface area contributed by atoms with Crippen molar-refractivity contribution in [2.75, 3.05) is 0 Å². The fourth-order valence-corrected chi connectivity index (χ4v) is 5.49. The molecule has 0 aliphatic heterocycles. The Bertz CT molecular complexity index is 1670. The molecule has 2 aliphatic carbocycles. The van der Waals surface area contributed by atoms with Crippen LogP contribution in [0.5, 0.6) is 0 Å². The summed E-state index contributed by atoms with van der Waals surface area (Å²) in [5.74, 6) is 0.0950. The van der Waals surface area contributed by atoms with Crippen molar-refractivity contribution in [2.45, 2.75) is 39.5 Å². The van der Waals surface area contributed by atoms with Crippen molar-refractivity contribution < 1.29 is 4.39 Å². The molecule has 4 aromatic carbocycles. The van der Waals surface area contributed by atoms with Crippen molar-refractivity contribution in [1.82, 2.24) is 0 Å². The van der Waals surface area contributed by atoms with Gasteiger partial charge in [0.1, 0.15) is 5.83 Å². The molecule has 0 fully saturated rings. The van der Waals surface area contributed by atoms with Crippen LogP contribution in [0.4, 0.5) is 4.39 Å². The highest BCUT2D eigenvalue weighted by atomic mass is 19.1. The number of amidine groups is 1. The zero-order chi connectivity index (χ0) is 28.8. The van der Waals surface area contributed by atoms with Crippen LogP contribution in [0.25, 0.3) is 11.1 Å². The summed E-state index contributed by atoms with van der Waals surface area (Å²) < 4.78 is 15.7. The maximum absolute atomic E-state index is 15.7. The second-order valence-corrected chi connectivity index (χ2v) is 10.00. The first-order valence-corrected chi connectivity index (χ1v) is 14.3. The molecular weight excluding hydrogens is 503 g/mol. The Morgan fingerprint density at radius 2 is 1.39 bits per heavy atom. The van der Waals surface area contributed by atoms with Crippen molar-refractivity contribution in [2.24, 2.45) is 9.98 Å². The SMILES string of the molecule is C=C(N=C(N=C(C)c1ccccc1)c1ccccc1)C1=CCC(c2cccc3c2Cc2ccccc2-3)C(F)=C1.CC. The fraction of sp³-hybridized carbons (Fsp3) is 0.158. The molecule has 4 aromatic rings. The van der Waals surface area contributed by atoms with E-state index in [4.69, 9.17) is 9.98 Å². The van der Waals surface area contributed by atoms with Crippen LogP contribution >= 0.6 is 0 Å². The van der Waals surface area contributed by atoms with E-state index in [-0.39, 0.29) is 11.7 Å². The van der Waals surface area contributed by atoms with Gasteiger partial charge in [-0.05, 0) is 64.8 Å². The first kappa shape index (κ1) is 27.9. The van der Waals surface area contributed by atoms with Crippen molar-refractivity contribution in [3.63, 3.8) is 0 Å². The van der Waals surface area contributed by atoms with Crippen LogP contribution in [0.2, 0.25) is 0 Å². The van der Waals surface area contributed by atoms with Gasteiger partial charge in [-0.15, -0.1) is 0 Å². The molecule has 0 saturated heterocycles. The first-order chi connectivity index (χ1) is 20.1. The van der Waals surface area contributed by atoms with E-state index in [1.807, 2.05) is 87.5 Å². The molecule has 1 unspecified atom stereocenters. The minimum absolute atomic E-state index is 0.154. The quantitative estimate of drug-likeness (QED) is 0.157. The molecule has 0 radical (unpaired) electrons. The van der Waals surface area contributed by atoms with Gasteiger partial charge in [-0.25, -0.2) is 14.4 Å². The van der Waals surface area contributed by atoms with Crippen LogP contribution in [0.15, 0.2) is 149 Å². The lowest BCUT2D eigenvalue weighted by Crippen LogP contribution is -2.08. The van der Waals surface area contributed by atoms with Gasteiger partial charge in [-0.1, -0.05) is 130 Å². The number of rotatable bonds is 5. The lowest BCUT2D eigenvalue weighted by molar-refractivity contribution is 0.537. The third-order valence-electron chi connectivity index (χ3n) is 7.53. The average Bonchev–Trinajstić information content (AvgIpc) is 3.41. The summed E-state index contributed by atoms with van der Waals surface area (Å²) in [6, 6.07) is 34.6. The predicted octanol–water partition coefficient (Wildman–Crippen LogP) is 10.0. The van der Waals surface area contributed by atoms with Crippen LogP contribution in [0, 0.1) is 0 Å². The van der Waals surface area contributed by atoms with Gasteiger partial charge >= 0.3 is 0 Å². The van der Waals surface area contributed by atoms with E-state index in [0.29, 0.717) is 23.5 Å². The largest absolute Gasteiger partial charge is 0.233 e. The molecule has 0 bridgehead atoms. The average molecular weight is 539 g/mol. The molecule has 41 heavy (non-hydrogen) atoms. The smallest absolute Gasteiger partial charge is 0.160 e. The van der Waals surface area contributed by atoms with Gasteiger partial charge in [0.2, 0.25) is 0 Å². The molecule has 1 atom stereocenters. The van der Waals surface area contributed by atoms with Crippen molar-refractivity contribution in [1.29, 1.82) is 0 Å². The zero-order valence-electron chi connectivity index (χ0n) is 23.9. The van der Waals surface area contributed by atoms with Gasteiger partial charge in [-0.3, -0.25) is 0 Å². The Labute approximate surface area is 243 Å². The van der Waals surface area contributed by atoms with Gasteiger partial charge in [0.05, 0.1) is 5.70 Å². The Morgan fingerprint density at radius 1 is 0.756 bits per heavy atom. The highest BCUT2D eigenvalue weighted by Crippen LogP contribution is 2.44. The van der Waals surface area contributed by atoms with Crippen LogP contribution in [-0.2, 0) is 6.42 Å². The molecule has 0 saturated carbocycles. The molecule has 0 amide bonds. The third-order valence-corrected chi connectivity index (χ3v) is 7.53. The summed E-state index contributed by atoms with van der Waals surface area (Å²) in [4.78, 5) is 9.66. The fourth-order valence-electron chi connectivity index (χ4n) is 5.49. The monoisotopic (exact) mass is 538 g/mol. The number of allylic oxidation sites excluding steroid dienone is 3. The van der Waals surface area contributed by atoms with Crippen LogP contribution in [-0.4, -0.2) is 11.5 Å². The number of fused-ring (bicyclic) bond motifs is 3. The second-order valence-electron chi connectivity index (χ2n) is 10.00. The van der Waals surface area contributed by atoms with Crippen LogP contribution in [0.1, 0.15) is 60.9 Å². The van der Waals surface area contributed by atoms with Gasteiger partial charge in [0, 0.05) is 17.2 Å². The molecule has 6 rings (SSSR count). The third kappa shape index (κ3) is 5.95. The zero-order valence-corrected chi connectivity index (χ0v) is 23.9. The summed E-state index contributed by atoms with van der Waals surface area (Å²) in [6.45, 7) is 10.2. The van der Waals surface area contributed by atoms with Crippen LogP contribution < -0.4 is 0 Å². The van der Waals surface area contributed by atoms with Gasteiger partial charge < -0.3 is 0 Å². The van der Waals surface area contributed by atoms with E-state index < -0.39 is 0 Å². The molecule has 0 N–H and O–H groups in total. The van der Waals surface area contributed by atoms with Gasteiger partial charge in [-0.2, -0.15) is 0 Å². The Hall–Kier alpha value is -4.63. The number of aliphatic imine (C=N–C) groups is 2. The maximum atomic E-state index is 15.7. The summed E-state index contributed by atoms with van der Waals surface area (Å²) in [6.07, 6.45) is 5.06. The molecular formula is C38H35FN2. The first-order valence-electron chi connectivity index (χ1n) is 14.3. The normalized spacial score (nSPS) is 16.0. The Balaban J connectivity index is 0.00000165. The van der Waals surface area contributed by atoms with E-state index >= 15 is 4.39 Å². The van der Waals surface area contributed by atoms with E-state index in [1.54, 1.807) is 6.08 Å². The highest BCUT2D eigenvalue weighted by molar-refractivity contribution is 6.11. The molecule has 204 valence electrons. The minimum Gasteiger partial charge on any atom is -0.233 e. The van der Waals surface area contributed by atoms with Crippen LogP contribution in [0.3, 0.4) is 0 Å². The lowest BCUT2D eigenvalue weighted by Gasteiger charge is -2.22. The topological polar surface area (TPSA) is 24.7 Å². The van der Waals surface area contributed by atoms with E-state index in [1.165, 1.54) is 22.3 Å². The number of nitrogens with zero attached hydrogens (tertiary/aromatic N) is 2. The van der Waals surface area contributed by atoms with E-state index in [9.17, 15) is 0 Å². The highest BCUT2D eigenvalue weighted by Gasteiger charge is 2.28. The molecule has 2 aliphatic rings. The summed E-state index contributed by atoms with van der Waals surface area (Å²) in [7, 11) is 0. The summed E-state index contributed by atoms with van der Waals surface area (Å²) in [5, 5.41) is 0. The maximum Gasteiger partial charge on any atom is 0.160 e. The summed E-state index contributed by atoms with van der Waals surface area (Å²) in [5.41, 5.74) is 10.0. The molecule has 0 aromatic heterocycles. The predicted molar refractivity (Wildman–Crippen MR) is 171 cm³/mol. The molecule has 0 heterocycles. The minimum atomic E-state index is -0.304. The molecule has 3 heteroatoms. The van der Waals surface area contributed by atoms with Crippen molar-refractivity contribution >= 4 is 11.5 Å². The standard InChI is InChI=1S/C36H29FN2.C2H6/c1-24(26-12-5-3-6-13-26)38-36(27-14-7-4-8-15-27)39-25(2)28-20-21-33(35(37)23-28)32-19-11-18-31-30-17-10-9-16-29(30)22-34(31)32;1-2/h3-20,23,33H,2,21-22H2,1H3;1-2H3. The van der Waals surface area contributed by atoms with E-state index in [0.717, 1.165) is 28.8 Å². The second kappa shape index (κ2) is 12.7. The number of halogens is 1. The number of benzene rings is 4. The molecule has 2 nitrogen and oxygen atoms in total.